The van der Waals surface area contributed by atoms with E-state index in [0.717, 1.165) is 51.0 Å². The summed E-state index contributed by atoms with van der Waals surface area (Å²) >= 11 is 1.61. The molecule has 1 aliphatic carbocycles. The van der Waals surface area contributed by atoms with Gasteiger partial charge in [0.25, 0.3) is 0 Å². The molecule has 1 saturated carbocycles. The first-order valence-electron chi connectivity index (χ1n) is 13.9. The van der Waals surface area contributed by atoms with E-state index in [4.69, 9.17) is 28.4 Å². The largest absolute Gasteiger partial charge is 0.496 e. The van der Waals surface area contributed by atoms with E-state index >= 15 is 0 Å². The first-order chi connectivity index (χ1) is 18.3. The molecule has 0 radical (unpaired) electrons. The van der Waals surface area contributed by atoms with Crippen molar-refractivity contribution in [2.24, 2.45) is 0 Å². The number of ether oxygens (including phenoxy) is 4. The van der Waals surface area contributed by atoms with Crippen LogP contribution in [0.2, 0.25) is 18.1 Å². The smallest absolute Gasteiger partial charge is 0.311 e. The molecule has 1 aromatic carbocycles. The molecule has 1 fully saturated rings. The summed E-state index contributed by atoms with van der Waals surface area (Å²) in [5.74, 6) is 1.24. The lowest BCUT2D eigenvalue weighted by molar-refractivity contribution is -0.139. The van der Waals surface area contributed by atoms with Crippen LogP contribution in [0.25, 0.3) is 0 Å². The molecule has 3 rings (SSSR count). The van der Waals surface area contributed by atoms with Gasteiger partial charge in [0.1, 0.15) is 11.5 Å². The van der Waals surface area contributed by atoms with E-state index in [-0.39, 0.29) is 35.7 Å². The molecule has 2 aromatic rings. The normalized spacial score (nSPS) is 16.3. The maximum Gasteiger partial charge on any atom is 0.311 e. The fourth-order valence-electron chi connectivity index (χ4n) is 4.74. The zero-order chi connectivity index (χ0) is 29.0. The highest BCUT2D eigenvalue weighted by Crippen LogP contribution is 2.44. The summed E-state index contributed by atoms with van der Waals surface area (Å²) < 4.78 is 30.5. The number of benzene rings is 1. The number of carbonyl (C=O) groups is 1. The number of thiazole rings is 1. The highest BCUT2D eigenvalue weighted by atomic mass is 32.1. The molecule has 0 spiro atoms. The minimum atomic E-state index is -2.23. The van der Waals surface area contributed by atoms with Crippen molar-refractivity contribution in [1.82, 2.24) is 4.98 Å². The Morgan fingerprint density at radius 3 is 2.18 bits per heavy atom. The maximum absolute atomic E-state index is 12.0. The summed E-state index contributed by atoms with van der Waals surface area (Å²) in [6.07, 6.45) is 4.78. The van der Waals surface area contributed by atoms with Gasteiger partial charge >= 0.3 is 5.97 Å². The van der Waals surface area contributed by atoms with Crippen LogP contribution in [0.1, 0.15) is 79.3 Å². The van der Waals surface area contributed by atoms with Crippen molar-refractivity contribution in [1.29, 1.82) is 0 Å². The van der Waals surface area contributed by atoms with Crippen LogP contribution in [0.4, 0.5) is 0 Å². The van der Waals surface area contributed by atoms with E-state index in [1.807, 2.05) is 13.8 Å². The Kier molecular flexibility index (Phi) is 10.6. The number of aromatic nitrogens is 1. The van der Waals surface area contributed by atoms with Gasteiger partial charge in [-0.1, -0.05) is 33.6 Å². The molecule has 0 saturated heterocycles. The van der Waals surface area contributed by atoms with Crippen molar-refractivity contribution in [3.63, 3.8) is 0 Å². The van der Waals surface area contributed by atoms with Crippen LogP contribution >= 0.6 is 11.3 Å². The van der Waals surface area contributed by atoms with E-state index in [1.54, 1.807) is 25.6 Å². The Balaban J connectivity index is 2.10. The third kappa shape index (κ3) is 7.84. The van der Waals surface area contributed by atoms with Crippen molar-refractivity contribution < 1.29 is 28.2 Å². The number of methoxy groups -OCH3 is 3. The highest BCUT2D eigenvalue weighted by molar-refractivity contribution is 7.11. The number of aryl methyl sites for hydroxylation is 1. The number of hydrogen-bond acceptors (Lipinski definition) is 8. The number of nitrogens with zero attached hydrogens (tertiary/aromatic N) is 1. The first kappa shape index (κ1) is 31.6. The molecule has 0 unspecified atom stereocenters. The molecular weight excluding hydrogens is 530 g/mol. The Bertz CT molecular complexity index is 1090. The van der Waals surface area contributed by atoms with Crippen molar-refractivity contribution in [3.8, 4) is 11.5 Å². The van der Waals surface area contributed by atoms with Crippen LogP contribution < -0.4 is 9.47 Å². The number of esters is 1. The fraction of sp³-hybridized carbons (Fsp3) is 0.667. The molecule has 0 amide bonds. The monoisotopic (exact) mass is 577 g/mol. The van der Waals surface area contributed by atoms with Gasteiger partial charge in [-0.05, 0) is 62.5 Å². The van der Waals surface area contributed by atoms with Crippen LogP contribution in [0, 0.1) is 13.8 Å². The number of rotatable bonds is 12. The average Bonchev–Trinajstić information content (AvgIpc) is 3.51. The van der Waals surface area contributed by atoms with Gasteiger partial charge in [0.2, 0.25) is 0 Å². The van der Waals surface area contributed by atoms with Crippen LogP contribution in [0.3, 0.4) is 0 Å². The van der Waals surface area contributed by atoms with E-state index in [2.05, 4.69) is 46.0 Å². The van der Waals surface area contributed by atoms with Gasteiger partial charge in [-0.3, -0.25) is 4.79 Å². The van der Waals surface area contributed by atoms with E-state index in [9.17, 15) is 4.79 Å². The lowest BCUT2D eigenvalue weighted by atomic mass is 9.99. The standard InChI is InChI=1S/C30H47NO6SSi/c1-19-24(33-6)15-21(16-25(19)34-7)29(37-39(9,10)30(3,4)5)26(36-22-13-11-12-14-22)18-27-31-23(20(2)38-27)17-28(32)35-8/h15-16,22,26,29H,11-14,17-18H2,1-10H3/t26-,29+/m0/s1. The molecule has 1 aromatic heterocycles. The Morgan fingerprint density at radius 2 is 1.67 bits per heavy atom. The number of carbonyl (C=O) groups excluding carboxylic acids is 1. The molecule has 7 nitrogen and oxygen atoms in total. The van der Waals surface area contributed by atoms with Gasteiger partial charge < -0.3 is 23.4 Å². The fourth-order valence-corrected chi connectivity index (χ4v) is 7.01. The second-order valence-electron chi connectivity index (χ2n) is 12.0. The Morgan fingerprint density at radius 1 is 1.08 bits per heavy atom. The van der Waals surface area contributed by atoms with E-state index in [0.29, 0.717) is 6.42 Å². The number of hydrogen-bond donors (Lipinski definition) is 0. The molecular formula is C30H47NO6SSi. The quantitative estimate of drug-likeness (QED) is 0.196. The summed E-state index contributed by atoms with van der Waals surface area (Å²) in [6.45, 7) is 15.3. The second kappa shape index (κ2) is 13.1. The minimum Gasteiger partial charge on any atom is -0.496 e. The van der Waals surface area contributed by atoms with Gasteiger partial charge in [-0.2, -0.15) is 0 Å². The van der Waals surface area contributed by atoms with Crippen molar-refractivity contribution in [2.75, 3.05) is 21.3 Å². The van der Waals surface area contributed by atoms with Crippen LogP contribution in [-0.4, -0.2) is 52.8 Å². The van der Waals surface area contributed by atoms with E-state index in [1.165, 1.54) is 20.0 Å². The molecule has 0 bridgehead atoms. The van der Waals surface area contributed by atoms with Crippen LogP contribution in [-0.2, 0) is 31.5 Å². The summed E-state index contributed by atoms with van der Waals surface area (Å²) in [5, 5.41) is 0.942. The lowest BCUT2D eigenvalue weighted by Crippen LogP contribution is -2.45. The summed E-state index contributed by atoms with van der Waals surface area (Å²) in [7, 11) is 2.55. The zero-order valence-corrected chi connectivity index (χ0v) is 27.3. The molecule has 1 heterocycles. The predicted molar refractivity (Wildman–Crippen MR) is 159 cm³/mol. The predicted octanol–water partition coefficient (Wildman–Crippen LogP) is 7.13. The maximum atomic E-state index is 12.0. The summed E-state index contributed by atoms with van der Waals surface area (Å²) in [6, 6.07) is 4.13. The van der Waals surface area contributed by atoms with Crippen molar-refractivity contribution in [3.05, 3.63) is 38.8 Å². The molecule has 0 aliphatic heterocycles. The Labute approximate surface area is 239 Å². The van der Waals surface area contributed by atoms with Gasteiger partial charge in [0.15, 0.2) is 8.32 Å². The molecule has 2 atom stereocenters. The lowest BCUT2D eigenvalue weighted by Gasteiger charge is -2.42. The van der Waals surface area contributed by atoms with Crippen molar-refractivity contribution >= 4 is 25.6 Å². The SMILES string of the molecule is COC(=O)Cc1nc(C[C@H](OC2CCCC2)[C@H](O[Si](C)(C)C(C)(C)C)c2cc(OC)c(C)c(OC)c2)sc1C. The topological polar surface area (TPSA) is 76.1 Å². The van der Waals surface area contributed by atoms with Crippen LogP contribution in [0.15, 0.2) is 12.1 Å². The third-order valence-electron chi connectivity index (χ3n) is 8.19. The van der Waals surface area contributed by atoms with Crippen LogP contribution in [0.5, 0.6) is 11.5 Å². The molecule has 9 heteroatoms. The third-order valence-corrected chi connectivity index (χ3v) is 13.7. The molecule has 1 aliphatic rings. The molecule has 39 heavy (non-hydrogen) atoms. The van der Waals surface area contributed by atoms with Gasteiger partial charge in [-0.15, -0.1) is 11.3 Å². The minimum absolute atomic E-state index is 0.00742. The first-order valence-corrected chi connectivity index (χ1v) is 17.6. The second-order valence-corrected chi connectivity index (χ2v) is 18.0. The molecule has 218 valence electrons. The average molecular weight is 578 g/mol. The van der Waals surface area contributed by atoms with Gasteiger partial charge in [0.05, 0.1) is 56.8 Å². The highest BCUT2D eigenvalue weighted by Gasteiger charge is 2.42. The zero-order valence-electron chi connectivity index (χ0n) is 25.4. The molecule has 0 N–H and O–H groups in total. The van der Waals surface area contributed by atoms with Crippen molar-refractivity contribution in [2.45, 2.75) is 110 Å². The Hall–Kier alpha value is -1.94. The van der Waals surface area contributed by atoms with Gasteiger partial charge in [-0.25, -0.2) is 4.98 Å². The van der Waals surface area contributed by atoms with Gasteiger partial charge in [0, 0.05) is 16.9 Å². The summed E-state index contributed by atoms with van der Waals surface area (Å²) in [4.78, 5) is 17.8. The van der Waals surface area contributed by atoms with E-state index < -0.39 is 8.32 Å². The summed E-state index contributed by atoms with van der Waals surface area (Å²) in [5.41, 5.74) is 2.69.